The van der Waals surface area contributed by atoms with Gasteiger partial charge in [-0.2, -0.15) is 0 Å². The number of aromatic hydroxyl groups is 1. The molecule has 0 aliphatic carbocycles. The summed E-state index contributed by atoms with van der Waals surface area (Å²) in [4.78, 5) is 9.52. The molecule has 1 aromatic rings. The number of hydrogen-bond acceptors (Lipinski definition) is 4. The van der Waals surface area contributed by atoms with Crippen molar-refractivity contribution in [2.24, 2.45) is 0 Å². The van der Waals surface area contributed by atoms with Gasteiger partial charge in [0.25, 0.3) is 5.69 Å². The SMILES string of the molecule is Nc1ccc([N+](=O)[O-])cc1O.[Ca]. The predicted octanol–water partition coefficient (Wildman–Crippen LogP) is 0.502. The van der Waals surface area contributed by atoms with Gasteiger partial charge < -0.3 is 10.8 Å². The van der Waals surface area contributed by atoms with E-state index in [0.717, 1.165) is 6.07 Å². The topological polar surface area (TPSA) is 89.4 Å². The molecule has 0 atom stereocenters. The van der Waals surface area contributed by atoms with Gasteiger partial charge in [-0.25, -0.2) is 0 Å². The molecule has 0 aromatic heterocycles. The molecule has 1 aromatic carbocycles. The van der Waals surface area contributed by atoms with E-state index in [1.807, 2.05) is 0 Å². The van der Waals surface area contributed by atoms with Crippen LogP contribution in [-0.4, -0.2) is 47.8 Å². The Kier molecular flexibility index (Phi) is 4.30. The minimum Gasteiger partial charge on any atom is -0.506 e. The van der Waals surface area contributed by atoms with E-state index in [1.165, 1.54) is 12.1 Å². The Labute approximate surface area is 98.3 Å². The first-order chi connectivity index (χ1) is 5.11. The van der Waals surface area contributed by atoms with Crippen LogP contribution in [0.25, 0.3) is 0 Å². The smallest absolute Gasteiger partial charge is 0.273 e. The molecule has 0 spiro atoms. The second-order valence-corrected chi connectivity index (χ2v) is 2.00. The van der Waals surface area contributed by atoms with Crippen LogP contribution < -0.4 is 5.73 Å². The Hall–Kier alpha value is -0.520. The first-order valence-corrected chi connectivity index (χ1v) is 2.84. The van der Waals surface area contributed by atoms with E-state index in [2.05, 4.69) is 0 Å². The molecule has 0 saturated carbocycles. The fourth-order valence-electron chi connectivity index (χ4n) is 0.646. The van der Waals surface area contributed by atoms with Gasteiger partial charge in [0.15, 0.2) is 0 Å². The van der Waals surface area contributed by atoms with E-state index in [0.29, 0.717) is 0 Å². The number of phenols is 1. The van der Waals surface area contributed by atoms with Crippen molar-refractivity contribution >= 4 is 49.1 Å². The van der Waals surface area contributed by atoms with E-state index in [1.54, 1.807) is 0 Å². The van der Waals surface area contributed by atoms with Gasteiger partial charge in [-0.3, -0.25) is 10.1 Å². The maximum atomic E-state index is 10.1. The van der Waals surface area contributed by atoms with Crippen LogP contribution in [0.5, 0.6) is 5.75 Å². The van der Waals surface area contributed by atoms with Crippen LogP contribution in [0.1, 0.15) is 0 Å². The number of nitrogens with zero attached hydrogens (tertiary/aromatic N) is 1. The van der Waals surface area contributed by atoms with Crippen molar-refractivity contribution in [3.8, 4) is 5.75 Å². The summed E-state index contributed by atoms with van der Waals surface area (Å²) in [6.07, 6.45) is 0. The largest absolute Gasteiger partial charge is 0.506 e. The van der Waals surface area contributed by atoms with Crippen molar-refractivity contribution in [3.63, 3.8) is 0 Å². The summed E-state index contributed by atoms with van der Waals surface area (Å²) in [5.41, 5.74) is 5.18. The quantitative estimate of drug-likeness (QED) is 0.224. The van der Waals surface area contributed by atoms with Crippen molar-refractivity contribution in [2.75, 3.05) is 5.73 Å². The molecule has 3 N–H and O–H groups in total. The zero-order valence-electron chi connectivity index (χ0n) is 6.23. The average molecular weight is 194 g/mol. The van der Waals surface area contributed by atoms with Crippen molar-refractivity contribution in [1.82, 2.24) is 0 Å². The molecule has 60 valence electrons. The Morgan fingerprint density at radius 1 is 1.50 bits per heavy atom. The number of nitro groups is 1. The third-order valence-electron chi connectivity index (χ3n) is 1.22. The number of rotatable bonds is 1. The molecule has 12 heavy (non-hydrogen) atoms. The minimum atomic E-state index is -0.598. The summed E-state index contributed by atoms with van der Waals surface area (Å²) in [6.45, 7) is 0. The van der Waals surface area contributed by atoms with E-state index in [9.17, 15) is 10.1 Å². The fraction of sp³-hybridized carbons (Fsp3) is 0. The number of non-ortho nitro benzene ring substituents is 1. The van der Waals surface area contributed by atoms with E-state index >= 15 is 0 Å². The average Bonchev–Trinajstić information content (AvgIpc) is 1.94. The summed E-state index contributed by atoms with van der Waals surface area (Å²) in [5.74, 6) is -0.265. The molecule has 1 rings (SSSR count). The van der Waals surface area contributed by atoms with Crippen LogP contribution in [0.2, 0.25) is 0 Å². The zero-order chi connectivity index (χ0) is 8.43. The summed E-state index contributed by atoms with van der Waals surface area (Å²) in [7, 11) is 0. The molecule has 5 nitrogen and oxygen atoms in total. The number of nitrogens with two attached hydrogens (primary N) is 1. The van der Waals surface area contributed by atoms with E-state index in [-0.39, 0.29) is 54.9 Å². The van der Waals surface area contributed by atoms with Crippen LogP contribution in [0.15, 0.2) is 18.2 Å². The molecular formula is C6H6CaN2O3. The third kappa shape index (κ3) is 2.51. The number of anilines is 1. The molecule has 0 amide bonds. The summed E-state index contributed by atoms with van der Waals surface area (Å²) in [5, 5.41) is 19.0. The molecule has 0 fully saturated rings. The predicted molar refractivity (Wildman–Crippen MR) is 44.9 cm³/mol. The summed E-state index contributed by atoms with van der Waals surface area (Å²) in [6, 6.07) is 3.53. The monoisotopic (exact) mass is 194 g/mol. The molecule has 6 heteroatoms. The second-order valence-electron chi connectivity index (χ2n) is 2.00. The van der Waals surface area contributed by atoms with Gasteiger partial charge in [0, 0.05) is 43.8 Å². The van der Waals surface area contributed by atoms with Gasteiger partial charge in [0.2, 0.25) is 0 Å². The van der Waals surface area contributed by atoms with Crippen molar-refractivity contribution in [2.45, 2.75) is 0 Å². The van der Waals surface area contributed by atoms with Crippen LogP contribution >= 0.6 is 0 Å². The number of hydrogen-bond donors (Lipinski definition) is 2. The zero-order valence-corrected chi connectivity index (χ0v) is 8.44. The van der Waals surface area contributed by atoms with Gasteiger partial charge in [0.1, 0.15) is 5.75 Å². The molecule has 0 aliphatic heterocycles. The van der Waals surface area contributed by atoms with Gasteiger partial charge in [-0.1, -0.05) is 0 Å². The van der Waals surface area contributed by atoms with Gasteiger partial charge >= 0.3 is 0 Å². The van der Waals surface area contributed by atoms with Gasteiger partial charge in [-0.15, -0.1) is 0 Å². The molecule has 2 radical (unpaired) electrons. The van der Waals surface area contributed by atoms with Crippen LogP contribution in [-0.2, 0) is 0 Å². The normalized spacial score (nSPS) is 8.67. The summed E-state index contributed by atoms with van der Waals surface area (Å²) < 4.78 is 0. The molecule has 0 bridgehead atoms. The third-order valence-corrected chi connectivity index (χ3v) is 1.22. The van der Waals surface area contributed by atoms with Crippen molar-refractivity contribution in [1.29, 1.82) is 0 Å². The fourth-order valence-corrected chi connectivity index (χ4v) is 0.646. The molecule has 0 heterocycles. The van der Waals surface area contributed by atoms with Crippen LogP contribution in [0.4, 0.5) is 11.4 Å². The van der Waals surface area contributed by atoms with Crippen LogP contribution in [0, 0.1) is 10.1 Å². The van der Waals surface area contributed by atoms with E-state index < -0.39 is 4.92 Å². The maximum Gasteiger partial charge on any atom is 0.273 e. The number of phenolic OH excluding ortho intramolecular Hbond substituents is 1. The molecule has 0 saturated heterocycles. The summed E-state index contributed by atoms with van der Waals surface area (Å²) >= 11 is 0. The minimum absolute atomic E-state index is 0. The Morgan fingerprint density at radius 3 is 2.50 bits per heavy atom. The number of benzene rings is 1. The second kappa shape index (κ2) is 4.49. The Bertz CT molecular complexity index is 303. The van der Waals surface area contributed by atoms with Gasteiger partial charge in [-0.05, 0) is 6.07 Å². The number of nitrogen functional groups attached to an aromatic ring is 1. The maximum absolute atomic E-state index is 10.1. The molecular weight excluding hydrogens is 188 g/mol. The van der Waals surface area contributed by atoms with Gasteiger partial charge in [0.05, 0.1) is 16.7 Å². The van der Waals surface area contributed by atoms with Crippen LogP contribution in [0.3, 0.4) is 0 Å². The molecule has 0 unspecified atom stereocenters. The molecule has 0 aliphatic rings. The van der Waals surface area contributed by atoms with E-state index in [4.69, 9.17) is 10.8 Å². The first kappa shape index (κ1) is 11.5. The van der Waals surface area contributed by atoms with Crippen molar-refractivity contribution < 1.29 is 10.0 Å². The Balaban J connectivity index is 0.00000121. The standard InChI is InChI=1S/C6H6N2O3.Ca/c7-5-2-1-4(8(10)11)3-6(5)9;/h1-3,9H,7H2;. The van der Waals surface area contributed by atoms with Crippen molar-refractivity contribution in [3.05, 3.63) is 28.3 Å². The first-order valence-electron chi connectivity index (χ1n) is 2.84. The Morgan fingerprint density at radius 2 is 2.08 bits per heavy atom. The number of nitro benzene ring substituents is 1.